The van der Waals surface area contributed by atoms with E-state index in [1.807, 2.05) is 0 Å². The van der Waals surface area contributed by atoms with E-state index in [0.717, 1.165) is 11.6 Å². The molecule has 0 aromatic heterocycles. The summed E-state index contributed by atoms with van der Waals surface area (Å²) in [7, 11) is -4.70. The van der Waals surface area contributed by atoms with E-state index in [0.29, 0.717) is 6.42 Å². The number of aliphatic hydroxyl groups is 1. The molecule has 0 bridgehead atoms. The zero-order chi connectivity index (χ0) is 17.0. The molecule has 0 aliphatic heterocycles. The van der Waals surface area contributed by atoms with Crippen LogP contribution in [-0.4, -0.2) is 31.5 Å². The van der Waals surface area contributed by atoms with Crippen LogP contribution in [0.1, 0.15) is 12.0 Å². The minimum atomic E-state index is -4.70. The number of aryl methyl sites for hydroxylation is 1. The molecule has 1 aromatic carbocycles. The van der Waals surface area contributed by atoms with Gasteiger partial charge in [-0.05, 0) is 30.2 Å². The van der Waals surface area contributed by atoms with Crippen molar-refractivity contribution in [3.05, 3.63) is 53.8 Å². The number of allylic oxidation sites excluding steroid dienone is 3. The Bertz CT molecular complexity index is 729. The molecule has 0 amide bonds. The van der Waals surface area contributed by atoms with Gasteiger partial charge in [0.25, 0.3) is 0 Å². The summed E-state index contributed by atoms with van der Waals surface area (Å²) in [5.41, 5.74) is 0.692. The first-order valence-electron chi connectivity index (χ1n) is 6.80. The van der Waals surface area contributed by atoms with Gasteiger partial charge in [-0.2, -0.15) is 4.76 Å². The number of aromatic hydroxyl groups is 1. The van der Waals surface area contributed by atoms with Gasteiger partial charge in [-0.15, -0.1) is 0 Å². The lowest BCUT2D eigenvalue weighted by Crippen LogP contribution is -2.23. The SMILES string of the molecule is O=C(CCc1ccc(O)cc1)C1C=CC(O)=CC1=NP(=O)(O)O. The summed E-state index contributed by atoms with van der Waals surface area (Å²) in [5, 5.41) is 18.6. The van der Waals surface area contributed by atoms with Gasteiger partial charge in [-0.1, -0.05) is 18.2 Å². The molecule has 0 spiro atoms. The largest absolute Gasteiger partial charge is 0.508 e. The molecule has 1 aliphatic carbocycles. The maximum atomic E-state index is 12.3. The number of ketones is 1. The van der Waals surface area contributed by atoms with Crippen molar-refractivity contribution in [2.75, 3.05) is 0 Å². The molecule has 4 N–H and O–H groups in total. The van der Waals surface area contributed by atoms with Gasteiger partial charge in [0.1, 0.15) is 17.3 Å². The highest BCUT2D eigenvalue weighted by Crippen LogP contribution is 2.38. The highest BCUT2D eigenvalue weighted by molar-refractivity contribution is 7.50. The van der Waals surface area contributed by atoms with Crippen LogP contribution in [0, 0.1) is 5.92 Å². The minimum absolute atomic E-state index is 0.131. The van der Waals surface area contributed by atoms with E-state index in [1.165, 1.54) is 24.3 Å². The van der Waals surface area contributed by atoms with Crippen molar-refractivity contribution < 1.29 is 29.4 Å². The van der Waals surface area contributed by atoms with Crippen LogP contribution >= 0.6 is 7.75 Å². The number of phenols is 1. The van der Waals surface area contributed by atoms with E-state index in [2.05, 4.69) is 4.76 Å². The Morgan fingerprint density at radius 1 is 1.17 bits per heavy atom. The van der Waals surface area contributed by atoms with Crippen molar-refractivity contribution in [2.45, 2.75) is 12.8 Å². The predicted octanol–water partition coefficient (Wildman–Crippen LogP) is 2.06. The molecular formula is C15H16NO6P. The molecule has 23 heavy (non-hydrogen) atoms. The summed E-state index contributed by atoms with van der Waals surface area (Å²) in [5.74, 6) is -1.27. The van der Waals surface area contributed by atoms with E-state index < -0.39 is 13.7 Å². The number of benzene rings is 1. The Balaban J connectivity index is 2.10. The Kier molecular flexibility index (Phi) is 5.15. The predicted molar refractivity (Wildman–Crippen MR) is 84.3 cm³/mol. The number of carbonyl (C=O) groups is 1. The van der Waals surface area contributed by atoms with Crippen molar-refractivity contribution >= 4 is 19.2 Å². The molecule has 0 fully saturated rings. The summed E-state index contributed by atoms with van der Waals surface area (Å²) >= 11 is 0. The van der Waals surface area contributed by atoms with Crippen molar-refractivity contribution in [3.63, 3.8) is 0 Å². The Morgan fingerprint density at radius 2 is 1.83 bits per heavy atom. The van der Waals surface area contributed by atoms with E-state index in [1.54, 1.807) is 12.1 Å². The molecule has 1 atom stereocenters. The molecule has 1 aliphatic rings. The number of Topliss-reactive ketones (excluding diaryl/α,β-unsaturated/α-hetero) is 1. The Hall–Kier alpha value is -2.21. The smallest absolute Gasteiger partial charge is 0.448 e. The second kappa shape index (κ2) is 6.91. The molecule has 0 radical (unpaired) electrons. The fourth-order valence-electron chi connectivity index (χ4n) is 2.18. The Labute approximate surface area is 132 Å². The molecule has 1 aromatic rings. The lowest BCUT2D eigenvalue weighted by Gasteiger charge is -2.16. The monoisotopic (exact) mass is 337 g/mol. The van der Waals surface area contributed by atoms with Crippen molar-refractivity contribution in [1.82, 2.24) is 0 Å². The lowest BCUT2D eigenvalue weighted by molar-refractivity contribution is -0.119. The number of hydrogen-bond donors (Lipinski definition) is 4. The third-order valence-electron chi connectivity index (χ3n) is 3.26. The van der Waals surface area contributed by atoms with E-state index in [-0.39, 0.29) is 29.4 Å². The highest BCUT2D eigenvalue weighted by Gasteiger charge is 2.26. The molecule has 2 rings (SSSR count). The number of nitrogens with zero attached hydrogens (tertiary/aromatic N) is 1. The molecule has 7 nitrogen and oxygen atoms in total. The topological polar surface area (TPSA) is 127 Å². The maximum Gasteiger partial charge on any atom is 0.448 e. The third-order valence-corrected chi connectivity index (χ3v) is 3.75. The van der Waals surface area contributed by atoms with Crippen LogP contribution in [0.3, 0.4) is 0 Å². The summed E-state index contributed by atoms with van der Waals surface area (Å²) in [6, 6.07) is 6.41. The molecule has 1 unspecified atom stereocenters. The average molecular weight is 337 g/mol. The van der Waals surface area contributed by atoms with Crippen LogP contribution in [0.2, 0.25) is 0 Å². The fourth-order valence-corrected chi connectivity index (χ4v) is 2.67. The summed E-state index contributed by atoms with van der Waals surface area (Å²) < 4.78 is 14.3. The van der Waals surface area contributed by atoms with E-state index >= 15 is 0 Å². The second-order valence-electron chi connectivity index (χ2n) is 5.08. The number of rotatable bonds is 5. The maximum absolute atomic E-state index is 12.3. The molecule has 0 saturated heterocycles. The van der Waals surface area contributed by atoms with Gasteiger partial charge in [-0.25, -0.2) is 4.57 Å². The van der Waals surface area contributed by atoms with Gasteiger partial charge in [0.2, 0.25) is 0 Å². The molecule has 8 heteroatoms. The zero-order valence-electron chi connectivity index (χ0n) is 12.0. The summed E-state index contributed by atoms with van der Waals surface area (Å²) in [4.78, 5) is 30.2. The standard InChI is InChI=1S/C15H16NO6P/c17-11-4-1-10(2-5-11)3-8-15(19)13-7-6-12(18)9-14(13)16-23(20,21)22/h1-2,4-7,9,13,17-18H,3,8H2,(H2,20,21,22). The first kappa shape index (κ1) is 17.1. The van der Waals surface area contributed by atoms with Crippen LogP contribution in [-0.2, 0) is 15.8 Å². The molecule has 122 valence electrons. The van der Waals surface area contributed by atoms with Gasteiger partial charge >= 0.3 is 7.75 Å². The van der Waals surface area contributed by atoms with Crippen molar-refractivity contribution in [2.24, 2.45) is 10.7 Å². The number of phenolic OH excluding ortho intramolecular Hbond substituents is 1. The highest BCUT2D eigenvalue weighted by atomic mass is 31.2. The number of hydrogen-bond acceptors (Lipinski definition) is 4. The Morgan fingerprint density at radius 3 is 2.43 bits per heavy atom. The molecular weight excluding hydrogens is 321 g/mol. The van der Waals surface area contributed by atoms with Gasteiger partial charge < -0.3 is 20.0 Å². The molecule has 0 heterocycles. The van der Waals surface area contributed by atoms with Crippen LogP contribution in [0.15, 0.2) is 53.0 Å². The third kappa shape index (κ3) is 5.17. The van der Waals surface area contributed by atoms with Crippen molar-refractivity contribution in [1.29, 1.82) is 0 Å². The van der Waals surface area contributed by atoms with Gasteiger partial charge in [-0.3, -0.25) is 4.79 Å². The van der Waals surface area contributed by atoms with Crippen LogP contribution in [0.5, 0.6) is 5.75 Å². The summed E-state index contributed by atoms with van der Waals surface area (Å²) in [6.45, 7) is 0. The normalized spacial score (nSPS) is 19.7. The minimum Gasteiger partial charge on any atom is -0.508 e. The van der Waals surface area contributed by atoms with Crippen LogP contribution in [0.4, 0.5) is 0 Å². The average Bonchev–Trinajstić information content (AvgIpc) is 2.45. The molecule has 0 saturated carbocycles. The van der Waals surface area contributed by atoms with Gasteiger partial charge in [0.15, 0.2) is 0 Å². The van der Waals surface area contributed by atoms with E-state index in [9.17, 15) is 19.6 Å². The van der Waals surface area contributed by atoms with E-state index in [4.69, 9.17) is 9.79 Å². The zero-order valence-corrected chi connectivity index (χ0v) is 12.9. The first-order valence-corrected chi connectivity index (χ1v) is 8.36. The first-order chi connectivity index (χ1) is 10.7. The van der Waals surface area contributed by atoms with Crippen LogP contribution in [0.25, 0.3) is 0 Å². The van der Waals surface area contributed by atoms with Crippen molar-refractivity contribution in [3.8, 4) is 5.75 Å². The van der Waals surface area contributed by atoms with Crippen LogP contribution < -0.4 is 0 Å². The number of carbonyl (C=O) groups excluding carboxylic acids is 1. The second-order valence-corrected chi connectivity index (χ2v) is 6.30. The quantitative estimate of drug-likeness (QED) is 0.609. The summed E-state index contributed by atoms with van der Waals surface area (Å²) in [6.07, 6.45) is 4.28. The van der Waals surface area contributed by atoms with Gasteiger partial charge in [0, 0.05) is 12.5 Å². The fraction of sp³-hybridized carbons (Fsp3) is 0.200. The van der Waals surface area contributed by atoms with Gasteiger partial charge in [0.05, 0.1) is 11.6 Å². The lowest BCUT2D eigenvalue weighted by atomic mass is 9.90. The number of aliphatic hydroxyl groups excluding tert-OH is 1.